The normalized spacial score (nSPS) is 19.4. The van der Waals surface area contributed by atoms with Crippen LogP contribution >= 0.6 is 0 Å². The highest BCUT2D eigenvalue weighted by Crippen LogP contribution is 2.44. The Hall–Kier alpha value is -9.94. The highest BCUT2D eigenvalue weighted by molar-refractivity contribution is 5.96. The molecule has 0 bridgehead atoms. The zero-order chi connectivity index (χ0) is 56.5. The summed E-state index contributed by atoms with van der Waals surface area (Å²) >= 11 is 0. The Morgan fingerprint density at radius 2 is 1.20 bits per heavy atom. The lowest BCUT2D eigenvalue weighted by atomic mass is 10.0. The Bertz CT molecular complexity index is 4130. The molecule has 9 heterocycles. The molecule has 24 heteroatoms. The molecule has 24 nitrogen and oxygen atoms in total. The van der Waals surface area contributed by atoms with Gasteiger partial charge in [-0.05, 0) is 106 Å². The lowest BCUT2D eigenvalue weighted by Gasteiger charge is -2.37. The molecule has 1 saturated carbocycles. The van der Waals surface area contributed by atoms with Crippen LogP contribution in [0.3, 0.4) is 0 Å². The number of aromatic nitrogens is 12. The summed E-state index contributed by atoms with van der Waals surface area (Å²) in [6.07, 6.45) is 3.99. The van der Waals surface area contributed by atoms with E-state index in [1.165, 1.54) is 18.6 Å². The first kappa shape index (κ1) is 51.2. The summed E-state index contributed by atoms with van der Waals surface area (Å²) in [5, 5.41) is 33.2. The first-order valence-electron chi connectivity index (χ1n) is 27.5. The number of nitrogens with zero attached hydrogens (tertiary/aromatic N) is 16. The first-order valence-corrected chi connectivity index (χ1v) is 27.5. The molecule has 0 radical (unpaired) electrons. The molecule has 1 aliphatic carbocycles. The molecule has 4 amide bonds. The van der Waals surface area contributed by atoms with Crippen molar-refractivity contribution in [2.45, 2.75) is 51.0 Å². The van der Waals surface area contributed by atoms with Gasteiger partial charge in [-0.2, -0.15) is 9.59 Å². The molecule has 4 aromatic carbocycles. The summed E-state index contributed by atoms with van der Waals surface area (Å²) in [6, 6.07) is 35.5. The van der Waals surface area contributed by atoms with Crippen molar-refractivity contribution >= 4 is 57.2 Å². The molecule has 2 N–H and O–H groups in total. The van der Waals surface area contributed by atoms with E-state index < -0.39 is 0 Å². The average Bonchev–Trinajstić information content (AvgIpc) is 2.46. The second kappa shape index (κ2) is 20.9. The lowest BCUT2D eigenvalue weighted by Crippen LogP contribution is -2.50. The average molecular weight is 1110 g/mol. The van der Waals surface area contributed by atoms with E-state index >= 15 is 0 Å². The van der Waals surface area contributed by atoms with E-state index in [0.717, 1.165) is 36.2 Å². The Balaban J connectivity index is 0.630. The number of hydrogen-bond donors (Lipinski definition) is 2. The molecular formula is C59H54N18O6. The molecule has 6 atom stereocenters. The van der Waals surface area contributed by atoms with Crippen LogP contribution in [0.2, 0.25) is 0 Å². The van der Waals surface area contributed by atoms with Gasteiger partial charge in [0.2, 0.25) is 23.6 Å². The number of rotatable bonds is 14. The summed E-state index contributed by atoms with van der Waals surface area (Å²) < 4.78 is 12.1. The number of hydrogen-bond acceptors (Lipinski definition) is 18. The highest BCUT2D eigenvalue weighted by Gasteiger charge is 2.54. The number of oxazole rings is 2. The molecular weight excluding hydrogens is 1060 g/mol. The van der Waals surface area contributed by atoms with Gasteiger partial charge in [-0.3, -0.25) is 38.9 Å². The van der Waals surface area contributed by atoms with Gasteiger partial charge in [-0.15, -0.1) is 20.4 Å². The molecule has 3 aliphatic heterocycles. The predicted octanol–water partition coefficient (Wildman–Crippen LogP) is 6.05. The van der Waals surface area contributed by atoms with Gasteiger partial charge in [-0.25, -0.2) is 9.97 Å². The molecule has 6 aromatic heterocycles. The van der Waals surface area contributed by atoms with Crippen LogP contribution < -0.4 is 10.6 Å². The minimum atomic E-state index is -0.292. The van der Waals surface area contributed by atoms with E-state index in [1.54, 1.807) is 84.9 Å². The summed E-state index contributed by atoms with van der Waals surface area (Å²) in [5.74, 6) is 1.67. The summed E-state index contributed by atoms with van der Waals surface area (Å²) in [5.41, 5.74) is 8.42. The molecule has 83 heavy (non-hydrogen) atoms. The minimum absolute atomic E-state index is 0.0198. The third-order valence-corrected chi connectivity index (χ3v) is 16.0. The molecule has 10 aromatic rings. The summed E-state index contributed by atoms with van der Waals surface area (Å²) in [7, 11) is 1.76. The van der Waals surface area contributed by atoms with Crippen molar-refractivity contribution in [2.75, 3.05) is 49.9 Å². The zero-order valence-electron chi connectivity index (χ0n) is 45.4. The second-order valence-corrected chi connectivity index (χ2v) is 21.7. The van der Waals surface area contributed by atoms with Gasteiger partial charge in [0.15, 0.2) is 22.8 Å². The second-order valence-electron chi connectivity index (χ2n) is 21.7. The van der Waals surface area contributed by atoms with Gasteiger partial charge in [0.25, 0.3) is 11.8 Å². The largest absolute Gasteiger partial charge is 0.436 e. The third kappa shape index (κ3) is 10.1. The number of tetrazole rings is 2. The number of nitrogens with one attached hydrogen (secondary N) is 2. The van der Waals surface area contributed by atoms with Crippen LogP contribution in [-0.4, -0.2) is 155 Å². The quantitative estimate of drug-likeness (QED) is 0.125. The molecule has 0 spiro atoms. The maximum Gasteiger partial charge on any atom is 0.272 e. The number of likely N-dealkylation sites (tertiary alicyclic amines) is 2. The number of pyridine rings is 2. The molecule has 6 unspecified atom stereocenters. The summed E-state index contributed by atoms with van der Waals surface area (Å²) in [6.45, 7) is 6.98. The van der Waals surface area contributed by atoms with Gasteiger partial charge in [-0.1, -0.05) is 54.6 Å². The Labute approximate surface area is 473 Å². The van der Waals surface area contributed by atoms with Gasteiger partial charge in [0, 0.05) is 100 Å². The molecule has 4 aliphatic rings. The fourth-order valence-corrected chi connectivity index (χ4v) is 12.2. The van der Waals surface area contributed by atoms with E-state index in [-0.39, 0.29) is 59.6 Å². The number of fused-ring (bicyclic) bond motifs is 4. The van der Waals surface area contributed by atoms with Crippen LogP contribution in [0.1, 0.15) is 81.7 Å². The van der Waals surface area contributed by atoms with Gasteiger partial charge < -0.3 is 29.3 Å². The number of carbonyl (C=O) groups excluding carboxylic acids is 4. The first-order chi connectivity index (χ1) is 40.4. The van der Waals surface area contributed by atoms with Gasteiger partial charge >= 0.3 is 0 Å². The fourth-order valence-electron chi connectivity index (χ4n) is 12.2. The van der Waals surface area contributed by atoms with Crippen molar-refractivity contribution < 1.29 is 28.0 Å². The number of carbonyl (C=O) groups is 4. The van der Waals surface area contributed by atoms with Crippen LogP contribution in [-0.2, 0) is 23.2 Å². The van der Waals surface area contributed by atoms with Crippen LogP contribution in [0, 0.1) is 11.8 Å². The number of amides is 4. The van der Waals surface area contributed by atoms with Crippen molar-refractivity contribution in [3.05, 3.63) is 167 Å². The number of aryl methyl sites for hydroxylation is 1. The fraction of sp³-hybridized carbons (Fsp3) is 0.288. The monoisotopic (exact) mass is 1110 g/mol. The zero-order valence-corrected chi connectivity index (χ0v) is 45.4. The topological polar surface area (TPSA) is 270 Å². The Morgan fingerprint density at radius 1 is 0.614 bits per heavy atom. The van der Waals surface area contributed by atoms with E-state index in [2.05, 4.69) is 102 Å². The van der Waals surface area contributed by atoms with Gasteiger partial charge in [0.1, 0.15) is 22.4 Å². The number of benzene rings is 4. The van der Waals surface area contributed by atoms with Crippen LogP contribution in [0.25, 0.3) is 45.1 Å². The lowest BCUT2D eigenvalue weighted by molar-refractivity contribution is -0.115. The smallest absolute Gasteiger partial charge is 0.272 e. The van der Waals surface area contributed by atoms with E-state index in [0.29, 0.717) is 112 Å². The molecule has 4 fully saturated rings. The molecule has 416 valence electrons. The van der Waals surface area contributed by atoms with Crippen molar-refractivity contribution in [1.29, 1.82) is 0 Å². The summed E-state index contributed by atoms with van der Waals surface area (Å²) in [4.78, 5) is 81.4. The number of anilines is 2. The van der Waals surface area contributed by atoms with E-state index in [9.17, 15) is 19.2 Å². The van der Waals surface area contributed by atoms with Gasteiger partial charge in [0.05, 0.1) is 25.7 Å². The highest BCUT2D eigenvalue weighted by atomic mass is 16.4. The van der Waals surface area contributed by atoms with Crippen LogP contribution in [0.15, 0.2) is 136 Å². The standard InChI is InChI=1S/C59H54N18O6/c1-33(78)62-42-13-15-50-44(25-42)64-56(82-50)38-17-19-60-46(23-38)58(80)74-31-40-29-73(30-41(40)32-74)52(54-66-70-72(3)68-54)37-11-9-35(10-12-37)28-77-69-55(67-71-77)53(36-7-5-4-6-8-36)75-21-22-76(49-27-48(49)75)59(81)47-24-39(18-20-61-47)57-65-45-26-43(63-34(2)79)14-16-51(45)83-57/h4-20,23-26,40-41,48-49,52-53H,21-22,27-32H2,1-3H3,(H,62,78)(H,63,79). The van der Waals surface area contributed by atoms with Crippen molar-refractivity contribution in [1.82, 2.24) is 80.0 Å². The third-order valence-electron chi connectivity index (χ3n) is 16.0. The number of piperazine rings is 1. The van der Waals surface area contributed by atoms with E-state index in [1.807, 2.05) is 28.0 Å². The SMILES string of the molecule is CC(=O)Nc1ccc2oc(-c3ccnc(C(=O)N4CC5CN(C(c6ccc(Cn7nnc(C(c8ccccc8)N8CCN(C(=O)c9cc(-c%10nc%11cc(NC(C)=O)ccc%11o%10)ccn9)C9CC98)n7)cc6)c6nnn(C)n6)CC5C4)c3)nc2c1. The maximum absolute atomic E-state index is 14.2. The van der Waals surface area contributed by atoms with Crippen molar-refractivity contribution in [3.8, 4) is 22.9 Å². The Kier molecular flexibility index (Phi) is 12.9. The van der Waals surface area contributed by atoms with Crippen LogP contribution in [0.5, 0.6) is 0 Å². The maximum atomic E-state index is 14.2. The molecule has 3 saturated heterocycles. The predicted molar refractivity (Wildman–Crippen MR) is 300 cm³/mol. The minimum Gasteiger partial charge on any atom is -0.436 e. The van der Waals surface area contributed by atoms with Crippen LogP contribution in [0.4, 0.5) is 11.4 Å². The molecule has 14 rings (SSSR count). The van der Waals surface area contributed by atoms with Crippen molar-refractivity contribution in [2.24, 2.45) is 18.9 Å². The van der Waals surface area contributed by atoms with E-state index in [4.69, 9.17) is 13.9 Å². The van der Waals surface area contributed by atoms with Crippen molar-refractivity contribution in [3.63, 3.8) is 0 Å². The Morgan fingerprint density at radius 3 is 1.81 bits per heavy atom.